The van der Waals surface area contributed by atoms with Gasteiger partial charge in [0.25, 0.3) is 0 Å². The molecule has 0 atom stereocenters. The zero-order chi connectivity index (χ0) is 37.7. The molecule has 5 rings (SSSR count). The highest BCUT2D eigenvalue weighted by molar-refractivity contribution is 5.75. The molecule has 0 spiro atoms. The van der Waals surface area contributed by atoms with Crippen molar-refractivity contribution < 1.29 is 58.6 Å². The third-order valence-electron chi connectivity index (χ3n) is 9.14. The van der Waals surface area contributed by atoms with Gasteiger partial charge in [0.2, 0.25) is 0 Å². The second kappa shape index (κ2) is 15.9. The van der Waals surface area contributed by atoms with Gasteiger partial charge in [-0.1, -0.05) is 48.5 Å². The number of rotatable bonds is 8. The first-order valence-corrected chi connectivity index (χ1v) is 16.4. The topological polar surface area (TPSA) is 186 Å². The van der Waals surface area contributed by atoms with Gasteiger partial charge in [0.05, 0.1) is 54.1 Å². The largest absolute Gasteiger partial charge is 0.507 e. The van der Waals surface area contributed by atoms with E-state index in [4.69, 9.17) is 18.9 Å². The highest BCUT2D eigenvalue weighted by atomic mass is 16.5. The van der Waals surface area contributed by atoms with Crippen molar-refractivity contribution in [1.82, 2.24) is 0 Å². The van der Waals surface area contributed by atoms with Crippen LogP contribution in [0.3, 0.4) is 0 Å². The lowest BCUT2D eigenvalue weighted by Gasteiger charge is -2.20. The Bertz CT molecular complexity index is 1680. The molecule has 0 heterocycles. The van der Waals surface area contributed by atoms with Crippen LogP contribution in [0, 0.1) is 0 Å². The number of hydrogen-bond donors (Lipinski definition) is 4. The molecule has 1 aliphatic rings. The lowest BCUT2D eigenvalue weighted by atomic mass is 9.87. The van der Waals surface area contributed by atoms with Gasteiger partial charge < -0.3 is 39.4 Å². The maximum Gasteiger partial charge on any atom is 0.309 e. The standard InChI is InChI=1S/C40H40O12/c1-49-33(41)13-21-5-25-17-27-7-22(14-34(42)50-2)9-29(38(27)46)19-31-11-24(16-36(44)52-4)12-32(40(31)48)20-30-10-23(15-35(43)51-3)8-28(39(30)47)18-26(6-21)37(25)45/h5-12,45-48H,13-20H2,1-4H3. The van der Waals surface area contributed by atoms with Crippen molar-refractivity contribution in [3.8, 4) is 23.0 Å². The van der Waals surface area contributed by atoms with Crippen molar-refractivity contribution in [3.63, 3.8) is 0 Å². The highest BCUT2D eigenvalue weighted by Crippen LogP contribution is 2.39. The number of hydrogen-bond acceptors (Lipinski definition) is 12. The Morgan fingerprint density at radius 2 is 0.538 bits per heavy atom. The normalized spacial score (nSPS) is 12.1. The zero-order valence-corrected chi connectivity index (χ0v) is 29.3. The maximum absolute atomic E-state index is 12.4. The van der Waals surface area contributed by atoms with Gasteiger partial charge >= 0.3 is 23.9 Å². The lowest BCUT2D eigenvalue weighted by molar-refractivity contribution is -0.140. The van der Waals surface area contributed by atoms with E-state index in [1.807, 2.05) is 0 Å². The Kier molecular flexibility index (Phi) is 11.4. The van der Waals surface area contributed by atoms with Crippen LogP contribution >= 0.6 is 0 Å². The van der Waals surface area contributed by atoms with E-state index in [-0.39, 0.29) is 74.4 Å². The van der Waals surface area contributed by atoms with Crippen LogP contribution < -0.4 is 0 Å². The number of carbonyl (C=O) groups excluding carboxylic acids is 4. The Labute approximate surface area is 300 Å². The molecule has 4 N–H and O–H groups in total. The van der Waals surface area contributed by atoms with E-state index in [1.54, 1.807) is 48.5 Å². The van der Waals surface area contributed by atoms with E-state index < -0.39 is 23.9 Å². The third kappa shape index (κ3) is 8.45. The number of aromatic hydroxyl groups is 4. The molecule has 0 amide bonds. The van der Waals surface area contributed by atoms with E-state index in [2.05, 4.69) is 0 Å². The Morgan fingerprint density at radius 1 is 0.385 bits per heavy atom. The van der Waals surface area contributed by atoms with Gasteiger partial charge in [-0.2, -0.15) is 0 Å². The van der Waals surface area contributed by atoms with Crippen LogP contribution in [0.2, 0.25) is 0 Å². The summed E-state index contributed by atoms with van der Waals surface area (Å²) in [7, 11) is 5.05. The number of phenols is 4. The fourth-order valence-electron chi connectivity index (χ4n) is 6.59. The molecule has 12 nitrogen and oxygen atoms in total. The highest BCUT2D eigenvalue weighted by Gasteiger charge is 2.23. The van der Waals surface area contributed by atoms with Crippen LogP contribution in [0.5, 0.6) is 23.0 Å². The number of benzene rings is 4. The summed E-state index contributed by atoms with van der Waals surface area (Å²) in [6.45, 7) is 0. The van der Waals surface area contributed by atoms with Gasteiger partial charge in [0.1, 0.15) is 23.0 Å². The molecule has 4 aromatic rings. The van der Waals surface area contributed by atoms with Crippen molar-refractivity contribution >= 4 is 23.9 Å². The van der Waals surface area contributed by atoms with Crippen LogP contribution in [-0.2, 0) is 89.5 Å². The number of methoxy groups -OCH3 is 4. The van der Waals surface area contributed by atoms with E-state index >= 15 is 0 Å². The molecule has 1 aliphatic carbocycles. The van der Waals surface area contributed by atoms with Crippen LogP contribution in [0.4, 0.5) is 0 Å². The monoisotopic (exact) mass is 712 g/mol. The van der Waals surface area contributed by atoms with Crippen molar-refractivity contribution in [3.05, 3.63) is 115 Å². The first-order chi connectivity index (χ1) is 24.8. The van der Waals surface area contributed by atoms with E-state index in [1.165, 1.54) is 28.4 Å². The van der Waals surface area contributed by atoms with E-state index in [9.17, 15) is 39.6 Å². The molecule has 0 saturated carbocycles. The summed E-state index contributed by atoms with van der Waals surface area (Å²) in [6, 6.07) is 13.0. The zero-order valence-electron chi connectivity index (χ0n) is 29.3. The average molecular weight is 713 g/mol. The number of ether oxygens (including phenoxy) is 4. The molecular weight excluding hydrogens is 672 g/mol. The van der Waals surface area contributed by atoms with Crippen molar-refractivity contribution in [2.24, 2.45) is 0 Å². The molecule has 52 heavy (non-hydrogen) atoms. The fourth-order valence-corrected chi connectivity index (χ4v) is 6.59. The summed E-state index contributed by atoms with van der Waals surface area (Å²) in [5.74, 6) is -2.66. The molecule has 0 aromatic heterocycles. The predicted octanol–water partition coefficient (Wildman–Crippen LogP) is 4.05. The third-order valence-corrected chi connectivity index (χ3v) is 9.14. The molecule has 0 fully saturated rings. The van der Waals surface area contributed by atoms with Crippen molar-refractivity contribution in [2.75, 3.05) is 28.4 Å². The second-order valence-electron chi connectivity index (χ2n) is 12.8. The molecule has 12 heteroatoms. The minimum absolute atomic E-state index is 0.0408. The molecule has 0 radical (unpaired) electrons. The van der Waals surface area contributed by atoms with Gasteiger partial charge in [-0.25, -0.2) is 0 Å². The molecule has 8 bridgehead atoms. The summed E-state index contributed by atoms with van der Waals surface area (Å²) in [4.78, 5) is 49.5. The van der Waals surface area contributed by atoms with Gasteiger partial charge in [-0.05, 0) is 66.8 Å². The first kappa shape index (κ1) is 37.2. The predicted molar refractivity (Wildman–Crippen MR) is 187 cm³/mol. The summed E-state index contributed by atoms with van der Waals surface area (Å²) in [5.41, 5.74) is 4.76. The maximum atomic E-state index is 12.4. The molecule has 0 aliphatic heterocycles. The number of carbonyl (C=O) groups is 4. The van der Waals surface area contributed by atoms with Crippen LogP contribution in [0.25, 0.3) is 0 Å². The van der Waals surface area contributed by atoms with Crippen LogP contribution in [0.1, 0.15) is 66.8 Å². The second-order valence-corrected chi connectivity index (χ2v) is 12.8. The van der Waals surface area contributed by atoms with Crippen molar-refractivity contribution in [1.29, 1.82) is 0 Å². The van der Waals surface area contributed by atoms with Gasteiger partial charge in [0, 0.05) is 25.7 Å². The van der Waals surface area contributed by atoms with Crippen LogP contribution in [-0.4, -0.2) is 72.7 Å². The average Bonchev–Trinajstić information content (AvgIpc) is 3.11. The molecular formula is C40H40O12. The lowest BCUT2D eigenvalue weighted by Crippen LogP contribution is -2.09. The molecule has 0 unspecified atom stereocenters. The summed E-state index contributed by atoms with van der Waals surface area (Å²) >= 11 is 0. The van der Waals surface area contributed by atoms with Gasteiger partial charge in [-0.15, -0.1) is 0 Å². The van der Waals surface area contributed by atoms with Crippen molar-refractivity contribution in [2.45, 2.75) is 51.4 Å². The Hall–Kier alpha value is -6.04. The van der Waals surface area contributed by atoms with Gasteiger partial charge in [0.15, 0.2) is 0 Å². The van der Waals surface area contributed by atoms with E-state index in [0.717, 1.165) is 0 Å². The summed E-state index contributed by atoms with van der Waals surface area (Å²) < 4.78 is 19.6. The molecule has 4 aromatic carbocycles. The summed E-state index contributed by atoms with van der Waals surface area (Å²) in [5, 5.41) is 46.8. The fraction of sp³-hybridized carbons (Fsp3) is 0.300. The SMILES string of the molecule is COC(=O)Cc1cc2c(O)c(c1)Cc1cc(CC(=O)OC)cc(c1O)Cc1cc(CC(=O)OC)cc(c1O)Cc1cc(CC(=O)OC)cc(c1O)C2. The van der Waals surface area contributed by atoms with Crippen LogP contribution in [0.15, 0.2) is 48.5 Å². The Balaban J connectivity index is 1.81. The Morgan fingerprint density at radius 3 is 0.673 bits per heavy atom. The quantitative estimate of drug-likeness (QED) is 0.134. The van der Waals surface area contributed by atoms with Gasteiger partial charge in [-0.3, -0.25) is 19.2 Å². The van der Waals surface area contributed by atoms with E-state index in [0.29, 0.717) is 66.8 Å². The smallest absolute Gasteiger partial charge is 0.309 e. The number of esters is 4. The summed E-state index contributed by atoms with van der Waals surface area (Å²) in [6.07, 6.45) is -0.672. The minimum Gasteiger partial charge on any atom is -0.507 e. The first-order valence-electron chi connectivity index (χ1n) is 16.4. The molecule has 0 saturated heterocycles. The number of fused-ring (bicyclic) bond motifs is 8. The molecule has 272 valence electrons. The minimum atomic E-state index is -0.521. The number of phenolic OH excluding ortho intramolecular Hbond substituents is 4.